The van der Waals surface area contributed by atoms with Crippen molar-refractivity contribution in [1.82, 2.24) is 10.2 Å². The molecule has 34 heavy (non-hydrogen) atoms. The number of para-hydroxylation sites is 1. The number of hydrogen-bond acceptors (Lipinski definition) is 5. The Kier molecular flexibility index (Phi) is 7.11. The highest BCUT2D eigenvalue weighted by atomic mass is 32.2. The van der Waals surface area contributed by atoms with E-state index in [0.29, 0.717) is 43.9 Å². The predicted octanol–water partition coefficient (Wildman–Crippen LogP) is 2.97. The van der Waals surface area contributed by atoms with E-state index >= 15 is 0 Å². The Morgan fingerprint density at radius 1 is 1.15 bits per heavy atom. The molecule has 1 atom stereocenters. The summed E-state index contributed by atoms with van der Waals surface area (Å²) in [5.74, 6) is 0.00596. The second kappa shape index (κ2) is 10.0. The van der Waals surface area contributed by atoms with Crippen LogP contribution in [0.3, 0.4) is 0 Å². The summed E-state index contributed by atoms with van der Waals surface area (Å²) in [5, 5.41) is 3.00. The van der Waals surface area contributed by atoms with Crippen molar-refractivity contribution in [1.29, 1.82) is 0 Å². The Morgan fingerprint density at radius 2 is 1.94 bits per heavy atom. The lowest BCUT2D eigenvalue weighted by Gasteiger charge is -2.33. The number of likely N-dealkylation sites (tertiary alicyclic amines) is 1. The first kappa shape index (κ1) is 24.1. The van der Waals surface area contributed by atoms with Gasteiger partial charge in [-0.15, -0.1) is 0 Å². The molecule has 2 aromatic carbocycles. The minimum atomic E-state index is -3.85. The number of methoxy groups -OCH3 is 1. The zero-order valence-electron chi connectivity index (χ0n) is 19.6. The van der Waals surface area contributed by atoms with Gasteiger partial charge in [-0.1, -0.05) is 25.1 Å². The zero-order chi connectivity index (χ0) is 24.3. The van der Waals surface area contributed by atoms with Crippen molar-refractivity contribution in [2.24, 2.45) is 0 Å². The number of ether oxygens (including phenoxy) is 1. The van der Waals surface area contributed by atoms with Crippen molar-refractivity contribution in [3.8, 4) is 5.75 Å². The topological polar surface area (TPSA) is 96.0 Å². The van der Waals surface area contributed by atoms with Gasteiger partial charge in [-0.05, 0) is 55.5 Å². The minimum Gasteiger partial charge on any atom is -0.496 e. The summed E-state index contributed by atoms with van der Waals surface area (Å²) < 4.78 is 33.8. The molecule has 0 aromatic heterocycles. The first-order valence-corrected chi connectivity index (χ1v) is 13.2. The predicted molar refractivity (Wildman–Crippen MR) is 130 cm³/mol. The fraction of sp³-hybridized carbons (Fsp3) is 0.440. The number of nitrogens with zero attached hydrogens (tertiary/aromatic N) is 2. The molecule has 0 bridgehead atoms. The van der Waals surface area contributed by atoms with E-state index in [9.17, 15) is 18.0 Å². The molecule has 2 aliphatic heterocycles. The van der Waals surface area contributed by atoms with E-state index in [2.05, 4.69) is 5.32 Å². The van der Waals surface area contributed by atoms with Crippen molar-refractivity contribution < 1.29 is 22.7 Å². The first-order chi connectivity index (χ1) is 16.3. The van der Waals surface area contributed by atoms with E-state index in [1.807, 2.05) is 25.1 Å². The molecule has 2 aromatic rings. The Hall–Kier alpha value is -3.07. The van der Waals surface area contributed by atoms with Crippen LogP contribution in [0.4, 0.5) is 5.69 Å². The summed E-state index contributed by atoms with van der Waals surface area (Å²) in [6.07, 6.45) is 3.43. The van der Waals surface area contributed by atoms with E-state index in [1.165, 1.54) is 29.6 Å². The first-order valence-electron chi connectivity index (χ1n) is 11.7. The lowest BCUT2D eigenvalue weighted by molar-refractivity contribution is -0.122. The normalized spacial score (nSPS) is 17.9. The van der Waals surface area contributed by atoms with E-state index in [1.54, 1.807) is 11.0 Å². The molecule has 0 radical (unpaired) electrons. The molecule has 2 heterocycles. The fourth-order valence-electron chi connectivity index (χ4n) is 4.68. The molecule has 1 saturated heterocycles. The monoisotopic (exact) mass is 485 g/mol. The number of sulfonamides is 1. The van der Waals surface area contributed by atoms with Gasteiger partial charge in [-0.25, -0.2) is 8.42 Å². The SMILES string of the molecule is CCCC(=O)NC1CCCN(C(=O)c2cc(S(=O)(=O)N3CCc4ccccc43)ccc2OC)C1. The van der Waals surface area contributed by atoms with Crippen LogP contribution in [-0.2, 0) is 21.2 Å². The van der Waals surface area contributed by atoms with Crippen molar-refractivity contribution >= 4 is 27.5 Å². The van der Waals surface area contributed by atoms with Gasteiger partial charge in [0.15, 0.2) is 0 Å². The molecular formula is C25H31N3O5S. The summed E-state index contributed by atoms with van der Waals surface area (Å²) in [5.41, 5.74) is 1.87. The number of benzene rings is 2. The molecule has 1 unspecified atom stereocenters. The van der Waals surface area contributed by atoms with Crippen molar-refractivity contribution in [3.05, 3.63) is 53.6 Å². The average Bonchev–Trinajstić information content (AvgIpc) is 3.28. The number of amides is 2. The van der Waals surface area contributed by atoms with E-state index in [-0.39, 0.29) is 28.3 Å². The summed E-state index contributed by atoms with van der Waals surface area (Å²) in [6.45, 7) is 3.24. The summed E-state index contributed by atoms with van der Waals surface area (Å²) in [6, 6.07) is 11.8. The Morgan fingerprint density at radius 3 is 2.71 bits per heavy atom. The van der Waals surface area contributed by atoms with Gasteiger partial charge >= 0.3 is 0 Å². The van der Waals surface area contributed by atoms with Gasteiger partial charge in [-0.3, -0.25) is 13.9 Å². The molecule has 1 fully saturated rings. The molecule has 2 amide bonds. The number of fused-ring (bicyclic) bond motifs is 1. The second-order valence-electron chi connectivity index (χ2n) is 8.73. The summed E-state index contributed by atoms with van der Waals surface area (Å²) >= 11 is 0. The number of carbonyl (C=O) groups is 2. The van der Waals surface area contributed by atoms with Crippen LogP contribution >= 0.6 is 0 Å². The van der Waals surface area contributed by atoms with E-state index < -0.39 is 10.0 Å². The van der Waals surface area contributed by atoms with Crippen molar-refractivity contribution in [3.63, 3.8) is 0 Å². The van der Waals surface area contributed by atoms with Crippen LogP contribution in [0.5, 0.6) is 5.75 Å². The van der Waals surface area contributed by atoms with Crippen LogP contribution < -0.4 is 14.4 Å². The van der Waals surface area contributed by atoms with Crippen LogP contribution in [0.25, 0.3) is 0 Å². The Bertz CT molecular complexity index is 1180. The number of hydrogen-bond donors (Lipinski definition) is 1. The highest BCUT2D eigenvalue weighted by Crippen LogP contribution is 2.34. The number of piperidine rings is 1. The van der Waals surface area contributed by atoms with Gasteiger partial charge in [-0.2, -0.15) is 0 Å². The smallest absolute Gasteiger partial charge is 0.264 e. The molecule has 8 nitrogen and oxygen atoms in total. The lowest BCUT2D eigenvalue weighted by atomic mass is 10.0. The molecular weight excluding hydrogens is 454 g/mol. The van der Waals surface area contributed by atoms with Crippen LogP contribution in [0.2, 0.25) is 0 Å². The van der Waals surface area contributed by atoms with Crippen molar-refractivity contribution in [2.45, 2.75) is 50.0 Å². The molecule has 4 rings (SSSR count). The van der Waals surface area contributed by atoms with Crippen LogP contribution in [0, 0.1) is 0 Å². The van der Waals surface area contributed by atoms with Gasteiger partial charge in [0.05, 0.1) is 23.3 Å². The van der Waals surface area contributed by atoms with E-state index in [0.717, 1.165) is 24.8 Å². The van der Waals surface area contributed by atoms with Gasteiger partial charge in [0.25, 0.3) is 15.9 Å². The molecule has 182 valence electrons. The summed E-state index contributed by atoms with van der Waals surface area (Å²) in [4.78, 5) is 27.2. The molecule has 0 spiro atoms. The maximum atomic E-state index is 13.5. The third kappa shape index (κ3) is 4.75. The molecule has 9 heteroatoms. The number of rotatable bonds is 7. The molecule has 1 N–H and O–H groups in total. The van der Waals surface area contributed by atoms with Crippen LogP contribution in [0.1, 0.15) is 48.5 Å². The molecule has 2 aliphatic rings. The molecule has 0 aliphatic carbocycles. The summed E-state index contributed by atoms with van der Waals surface area (Å²) in [7, 11) is -2.39. The van der Waals surface area contributed by atoms with Gasteiger partial charge < -0.3 is 15.0 Å². The average molecular weight is 486 g/mol. The maximum Gasteiger partial charge on any atom is 0.264 e. The van der Waals surface area contributed by atoms with E-state index in [4.69, 9.17) is 4.74 Å². The fourth-order valence-corrected chi connectivity index (χ4v) is 6.21. The van der Waals surface area contributed by atoms with Gasteiger partial charge in [0, 0.05) is 32.1 Å². The van der Waals surface area contributed by atoms with Crippen LogP contribution in [-0.4, -0.2) is 57.9 Å². The maximum absolute atomic E-state index is 13.5. The highest BCUT2D eigenvalue weighted by Gasteiger charge is 2.33. The lowest BCUT2D eigenvalue weighted by Crippen LogP contribution is -2.49. The standard InChI is InChI=1S/C25H31N3O5S/c1-3-7-24(29)26-19-9-6-14-27(17-19)25(30)21-16-20(11-12-23(21)33-2)34(31,32)28-15-13-18-8-4-5-10-22(18)28/h4-5,8,10-12,16,19H,3,6-7,9,13-15,17H2,1-2H3,(H,26,29). The second-order valence-corrected chi connectivity index (χ2v) is 10.6. The third-order valence-corrected chi connectivity index (χ3v) is 8.19. The molecule has 0 saturated carbocycles. The van der Waals surface area contributed by atoms with Crippen molar-refractivity contribution in [2.75, 3.05) is 31.0 Å². The van der Waals surface area contributed by atoms with Crippen LogP contribution in [0.15, 0.2) is 47.4 Å². The minimum absolute atomic E-state index is 0.0154. The van der Waals surface area contributed by atoms with Gasteiger partial charge in [0.2, 0.25) is 5.91 Å². The highest BCUT2D eigenvalue weighted by molar-refractivity contribution is 7.92. The number of anilines is 1. The number of nitrogens with one attached hydrogen (secondary N) is 1. The Balaban J connectivity index is 1.59. The largest absolute Gasteiger partial charge is 0.496 e. The quantitative estimate of drug-likeness (QED) is 0.651. The number of carbonyl (C=O) groups excluding carboxylic acids is 2. The van der Waals surface area contributed by atoms with Gasteiger partial charge in [0.1, 0.15) is 5.75 Å². The third-order valence-electron chi connectivity index (χ3n) is 6.38. The zero-order valence-corrected chi connectivity index (χ0v) is 20.4. The Labute approximate surface area is 200 Å².